The Morgan fingerprint density at radius 3 is 1.21 bits per heavy atom. The average Bonchev–Trinajstić information content (AvgIpc) is 2.68. The van der Waals surface area contributed by atoms with Crippen LogP contribution in [0.5, 0.6) is 0 Å². The second-order valence-corrected chi connectivity index (χ2v) is 8.38. The van der Waals surface area contributed by atoms with Crippen molar-refractivity contribution in [2.24, 2.45) is 0 Å². The Bertz CT molecular complexity index is 667. The molecule has 0 aliphatic rings. The Labute approximate surface area is 193 Å². The van der Waals surface area contributed by atoms with Crippen molar-refractivity contribution in [3.63, 3.8) is 0 Å². The van der Waals surface area contributed by atoms with E-state index in [1.165, 1.54) is 0 Å². The van der Waals surface area contributed by atoms with Gasteiger partial charge in [0.25, 0.3) is 28.9 Å². The number of carboxylic acid groups (broad SMARTS) is 1. The molecule has 0 spiro atoms. The fourth-order valence-corrected chi connectivity index (χ4v) is 3.08. The highest BCUT2D eigenvalue weighted by atomic mass is 16.7. The summed E-state index contributed by atoms with van der Waals surface area (Å²) in [4.78, 5) is 10.8. The average molecular weight is 508 g/mol. The maximum absolute atomic E-state index is 10.8. The SMILES string of the molecule is CCCCCCCCCCC(O)(O)C(O)(O)C(O)(O)C(O)(O)C(O)(O)C(O)(O)C(O)(O)C(=O)O. The van der Waals surface area contributed by atoms with Crippen LogP contribution in [0.15, 0.2) is 0 Å². The molecule has 0 bridgehead atoms. The lowest BCUT2D eigenvalue weighted by molar-refractivity contribution is -0.573. The van der Waals surface area contributed by atoms with Gasteiger partial charge in [0.2, 0.25) is 5.79 Å². The fraction of sp³-hybridized carbons (Fsp3) is 0.944. The van der Waals surface area contributed by atoms with E-state index in [9.17, 15) is 76.3 Å². The highest BCUT2D eigenvalue weighted by Crippen LogP contribution is 2.45. The van der Waals surface area contributed by atoms with Crippen molar-refractivity contribution in [2.45, 2.75) is 105 Å². The number of carbonyl (C=O) groups is 1. The molecule has 0 aromatic carbocycles. The van der Waals surface area contributed by atoms with Gasteiger partial charge in [-0.1, -0.05) is 51.9 Å². The van der Waals surface area contributed by atoms with Crippen molar-refractivity contribution in [3.05, 3.63) is 0 Å². The highest BCUT2D eigenvalue weighted by molar-refractivity contribution is 5.76. The molecule has 0 rings (SSSR count). The lowest BCUT2D eigenvalue weighted by atomic mass is 9.78. The molecule has 16 nitrogen and oxygen atoms in total. The van der Waals surface area contributed by atoms with Crippen molar-refractivity contribution >= 4 is 5.97 Å². The zero-order valence-corrected chi connectivity index (χ0v) is 18.5. The first-order chi connectivity index (χ1) is 15.0. The number of aliphatic carboxylic acids is 1. The lowest BCUT2D eigenvalue weighted by Crippen LogP contribution is -2.87. The van der Waals surface area contributed by atoms with E-state index in [4.69, 9.17) is 5.11 Å². The monoisotopic (exact) mass is 508 g/mol. The molecule has 0 atom stereocenters. The van der Waals surface area contributed by atoms with Gasteiger partial charge in [-0.15, -0.1) is 0 Å². The van der Waals surface area contributed by atoms with Crippen LogP contribution in [0.25, 0.3) is 0 Å². The molecular formula is C18H36O16. The molecular weight excluding hydrogens is 472 g/mol. The zero-order valence-electron chi connectivity index (χ0n) is 18.5. The molecule has 34 heavy (non-hydrogen) atoms. The minimum absolute atomic E-state index is 0.216. The Morgan fingerprint density at radius 1 is 0.500 bits per heavy atom. The van der Waals surface area contributed by atoms with Crippen LogP contribution in [-0.2, 0) is 4.79 Å². The molecule has 0 aromatic rings. The Morgan fingerprint density at radius 2 is 0.824 bits per heavy atom. The second kappa shape index (κ2) is 10.9. The summed E-state index contributed by atoms with van der Waals surface area (Å²) in [5.74, 6) is -38.9. The highest BCUT2D eigenvalue weighted by Gasteiger charge is 2.82. The molecule has 0 aliphatic heterocycles. The summed E-state index contributed by atoms with van der Waals surface area (Å²) in [5.41, 5.74) is 0. The van der Waals surface area contributed by atoms with Crippen LogP contribution >= 0.6 is 0 Å². The summed E-state index contributed by atoms with van der Waals surface area (Å²) in [6.45, 7) is 2.02. The third-order valence-corrected chi connectivity index (χ3v) is 5.67. The number of rotatable bonds is 16. The van der Waals surface area contributed by atoms with E-state index in [-0.39, 0.29) is 12.8 Å². The quantitative estimate of drug-likeness (QED) is 0.0682. The van der Waals surface area contributed by atoms with Crippen LogP contribution in [0.2, 0.25) is 0 Å². The van der Waals surface area contributed by atoms with Crippen LogP contribution in [0.1, 0.15) is 64.7 Å². The second-order valence-electron chi connectivity index (χ2n) is 8.38. The summed E-state index contributed by atoms with van der Waals surface area (Å²) < 4.78 is 0. The third-order valence-electron chi connectivity index (χ3n) is 5.67. The Kier molecular flexibility index (Phi) is 10.5. The van der Waals surface area contributed by atoms with Crippen molar-refractivity contribution in [3.8, 4) is 0 Å². The van der Waals surface area contributed by atoms with Gasteiger partial charge in [0.1, 0.15) is 0 Å². The predicted octanol–water partition coefficient (Wildman–Crippen LogP) is -5.63. The van der Waals surface area contributed by atoms with Gasteiger partial charge in [0.15, 0.2) is 0 Å². The van der Waals surface area contributed by atoms with Crippen LogP contribution in [-0.4, -0.2) is 123 Å². The predicted molar refractivity (Wildman–Crippen MR) is 105 cm³/mol. The maximum atomic E-state index is 10.8. The van der Waals surface area contributed by atoms with Gasteiger partial charge in [-0.05, 0) is 6.42 Å². The van der Waals surface area contributed by atoms with E-state index in [1.807, 2.05) is 6.92 Å². The van der Waals surface area contributed by atoms with E-state index < -0.39 is 52.9 Å². The molecule has 0 saturated heterocycles. The number of hydrogen-bond acceptors (Lipinski definition) is 15. The van der Waals surface area contributed by atoms with Crippen LogP contribution in [0, 0.1) is 0 Å². The topological polar surface area (TPSA) is 321 Å². The normalized spacial score (nSPS) is 15.0. The van der Waals surface area contributed by atoms with Crippen molar-refractivity contribution in [1.82, 2.24) is 0 Å². The van der Waals surface area contributed by atoms with Crippen molar-refractivity contribution < 1.29 is 81.4 Å². The van der Waals surface area contributed by atoms with Gasteiger partial charge >= 0.3 is 11.8 Å². The molecule has 0 heterocycles. The minimum atomic E-state index is -5.54. The van der Waals surface area contributed by atoms with Crippen LogP contribution < -0.4 is 0 Å². The molecule has 15 N–H and O–H groups in total. The molecule has 204 valence electrons. The smallest absolute Gasteiger partial charge is 0.370 e. The number of unbranched alkanes of at least 4 members (excludes halogenated alkanes) is 7. The van der Waals surface area contributed by atoms with E-state index in [0.717, 1.165) is 32.1 Å². The van der Waals surface area contributed by atoms with Crippen LogP contribution in [0.3, 0.4) is 0 Å². The first-order valence-corrected chi connectivity index (χ1v) is 10.4. The summed E-state index contributed by atoms with van der Waals surface area (Å²) in [6, 6.07) is 0. The van der Waals surface area contributed by atoms with E-state index in [2.05, 4.69) is 0 Å². The first-order valence-electron chi connectivity index (χ1n) is 10.4. The van der Waals surface area contributed by atoms with Crippen molar-refractivity contribution in [1.29, 1.82) is 0 Å². The lowest BCUT2D eigenvalue weighted by Gasteiger charge is -2.53. The molecule has 0 aliphatic carbocycles. The molecule has 0 radical (unpaired) electrons. The maximum Gasteiger partial charge on any atom is 0.370 e. The standard InChI is InChI=1S/C18H36O16/c1-2-3-4-5-6-7-8-9-10-12(21,22)14(25,26)16(29,30)18(33,34)17(31,32)15(27,28)13(23,24)11(19)20/h21-34H,2-10H2,1H3,(H,19,20). The summed E-state index contributed by atoms with van der Waals surface area (Å²) in [5, 5.41) is 145. The summed E-state index contributed by atoms with van der Waals surface area (Å²) in [6.07, 6.45) is 4.13. The molecule has 0 saturated carbocycles. The Hall–Kier alpha value is -1.09. The zero-order chi connectivity index (χ0) is 27.4. The van der Waals surface area contributed by atoms with Gasteiger partial charge in [0.05, 0.1) is 0 Å². The summed E-state index contributed by atoms with van der Waals surface area (Å²) in [7, 11) is 0. The fourth-order valence-electron chi connectivity index (χ4n) is 3.08. The van der Waals surface area contributed by atoms with E-state index in [1.54, 1.807) is 0 Å². The van der Waals surface area contributed by atoms with Crippen molar-refractivity contribution in [2.75, 3.05) is 0 Å². The van der Waals surface area contributed by atoms with Gasteiger partial charge in [-0.3, -0.25) is 0 Å². The molecule has 0 unspecified atom stereocenters. The largest absolute Gasteiger partial charge is 0.477 e. The van der Waals surface area contributed by atoms with E-state index in [0.29, 0.717) is 6.42 Å². The van der Waals surface area contributed by atoms with Gasteiger partial charge in [-0.2, -0.15) is 0 Å². The van der Waals surface area contributed by atoms with Gasteiger partial charge in [-0.25, -0.2) is 4.79 Å². The summed E-state index contributed by atoms with van der Waals surface area (Å²) >= 11 is 0. The van der Waals surface area contributed by atoms with Gasteiger partial charge < -0.3 is 76.6 Å². The first kappa shape index (κ1) is 32.9. The van der Waals surface area contributed by atoms with Gasteiger partial charge in [0, 0.05) is 6.42 Å². The molecule has 16 heteroatoms. The molecule has 0 amide bonds. The number of hydrogen-bond donors (Lipinski definition) is 15. The third kappa shape index (κ3) is 5.66. The number of aliphatic hydroxyl groups is 14. The van der Waals surface area contributed by atoms with E-state index >= 15 is 0 Å². The Balaban J connectivity index is 5.75. The minimum Gasteiger partial charge on any atom is -0.477 e. The molecule has 0 fully saturated rings. The number of carboxylic acids is 1. The van der Waals surface area contributed by atoms with Crippen LogP contribution in [0.4, 0.5) is 0 Å². The molecule has 0 aromatic heterocycles.